The minimum Gasteiger partial charge on any atom is -0.366 e. The van der Waals surface area contributed by atoms with Crippen molar-refractivity contribution in [3.05, 3.63) is 24.2 Å². The van der Waals surface area contributed by atoms with E-state index in [9.17, 15) is 4.79 Å². The maximum absolute atomic E-state index is 11.9. The summed E-state index contributed by atoms with van der Waals surface area (Å²) in [6.07, 6.45) is 8.72. The van der Waals surface area contributed by atoms with Gasteiger partial charge in [-0.25, -0.2) is 0 Å². The van der Waals surface area contributed by atoms with E-state index < -0.39 is 0 Å². The summed E-state index contributed by atoms with van der Waals surface area (Å²) in [7, 11) is 0. The van der Waals surface area contributed by atoms with E-state index in [0.29, 0.717) is 12.6 Å². The van der Waals surface area contributed by atoms with Crippen LogP contribution in [0.5, 0.6) is 0 Å². The van der Waals surface area contributed by atoms with Crippen molar-refractivity contribution in [2.45, 2.75) is 31.7 Å². The molecule has 84 valence electrons. The molecule has 0 bridgehead atoms. The zero-order valence-electron chi connectivity index (χ0n) is 9.15. The first-order chi connectivity index (χ1) is 7.84. The summed E-state index contributed by atoms with van der Waals surface area (Å²) in [5.41, 5.74) is 1.62. The highest BCUT2D eigenvalue weighted by Crippen LogP contribution is 2.29. The summed E-state index contributed by atoms with van der Waals surface area (Å²) in [4.78, 5) is 14.1. The average Bonchev–Trinajstić information content (AvgIpc) is 2.97. The molecule has 1 saturated carbocycles. The molecule has 0 amide bonds. The van der Waals surface area contributed by atoms with Gasteiger partial charge in [-0.05, 0) is 18.9 Å². The van der Waals surface area contributed by atoms with Gasteiger partial charge in [-0.2, -0.15) is 5.10 Å². The van der Waals surface area contributed by atoms with Crippen LogP contribution in [0, 0.1) is 0 Å². The van der Waals surface area contributed by atoms with Crippen molar-refractivity contribution < 1.29 is 4.79 Å². The molecule has 1 aliphatic heterocycles. The fourth-order valence-electron chi connectivity index (χ4n) is 2.63. The number of hydrogen-bond acceptors (Lipinski definition) is 3. The highest BCUT2D eigenvalue weighted by Gasteiger charge is 2.29. The van der Waals surface area contributed by atoms with Gasteiger partial charge in [-0.1, -0.05) is 12.8 Å². The van der Waals surface area contributed by atoms with Crippen LogP contribution in [0.4, 0.5) is 0 Å². The van der Waals surface area contributed by atoms with Crippen LogP contribution in [0.25, 0.3) is 5.57 Å². The number of carbonyl (C=O) groups excluding carboxylic acids is 1. The summed E-state index contributed by atoms with van der Waals surface area (Å²) in [5, 5.41) is 6.74. The molecule has 1 aromatic rings. The summed E-state index contributed by atoms with van der Waals surface area (Å²) in [5.74, 6) is 0.205. The van der Waals surface area contributed by atoms with Crippen LogP contribution in [0.2, 0.25) is 0 Å². The SMILES string of the molecule is O=C1CN(C2CCCC2)C=C1c1ccn[nH]1. The number of carbonyl (C=O) groups is 1. The highest BCUT2D eigenvalue weighted by atomic mass is 16.1. The molecule has 0 atom stereocenters. The number of rotatable bonds is 2. The molecule has 1 fully saturated rings. The second kappa shape index (κ2) is 3.77. The van der Waals surface area contributed by atoms with Gasteiger partial charge in [0.2, 0.25) is 0 Å². The van der Waals surface area contributed by atoms with E-state index in [4.69, 9.17) is 0 Å². The number of aromatic amines is 1. The molecule has 4 nitrogen and oxygen atoms in total. The second-order valence-electron chi connectivity index (χ2n) is 4.55. The first-order valence-corrected chi connectivity index (χ1v) is 5.85. The molecule has 3 rings (SSSR count). The van der Waals surface area contributed by atoms with E-state index in [1.54, 1.807) is 6.20 Å². The summed E-state index contributed by atoms with van der Waals surface area (Å²) in [6.45, 7) is 0.541. The van der Waals surface area contributed by atoms with Gasteiger partial charge in [-0.15, -0.1) is 0 Å². The minimum absolute atomic E-state index is 0.205. The Hall–Kier alpha value is -1.58. The lowest BCUT2D eigenvalue weighted by atomic mass is 10.1. The maximum atomic E-state index is 11.9. The lowest BCUT2D eigenvalue weighted by Crippen LogP contribution is -2.28. The summed E-state index contributed by atoms with van der Waals surface area (Å²) in [6, 6.07) is 2.42. The minimum atomic E-state index is 0.205. The van der Waals surface area contributed by atoms with Crippen LogP contribution in [-0.4, -0.2) is 33.5 Å². The van der Waals surface area contributed by atoms with E-state index in [1.165, 1.54) is 25.7 Å². The largest absolute Gasteiger partial charge is 0.366 e. The summed E-state index contributed by atoms with van der Waals surface area (Å²) >= 11 is 0. The van der Waals surface area contributed by atoms with E-state index >= 15 is 0 Å². The molecule has 4 heteroatoms. The van der Waals surface area contributed by atoms with Crippen molar-refractivity contribution in [3.63, 3.8) is 0 Å². The van der Waals surface area contributed by atoms with Crippen molar-refractivity contribution in [2.75, 3.05) is 6.54 Å². The molecule has 0 radical (unpaired) electrons. The average molecular weight is 217 g/mol. The zero-order valence-corrected chi connectivity index (χ0v) is 9.15. The van der Waals surface area contributed by atoms with Gasteiger partial charge in [0.1, 0.15) is 0 Å². The van der Waals surface area contributed by atoms with E-state index in [-0.39, 0.29) is 5.78 Å². The predicted octanol–water partition coefficient (Wildman–Crippen LogP) is 1.58. The smallest absolute Gasteiger partial charge is 0.185 e. The predicted molar refractivity (Wildman–Crippen MR) is 60.5 cm³/mol. The number of ketones is 1. The molecule has 0 saturated heterocycles. The van der Waals surface area contributed by atoms with Crippen LogP contribution in [-0.2, 0) is 4.79 Å². The van der Waals surface area contributed by atoms with Crippen molar-refractivity contribution in [2.24, 2.45) is 0 Å². The zero-order chi connectivity index (χ0) is 11.0. The first-order valence-electron chi connectivity index (χ1n) is 5.85. The van der Waals surface area contributed by atoms with Crippen LogP contribution in [0.1, 0.15) is 31.4 Å². The van der Waals surface area contributed by atoms with Crippen LogP contribution < -0.4 is 0 Å². The second-order valence-corrected chi connectivity index (χ2v) is 4.55. The number of H-pyrrole nitrogens is 1. The molecule has 0 unspecified atom stereocenters. The molecule has 1 aromatic heterocycles. The lowest BCUT2D eigenvalue weighted by molar-refractivity contribution is -0.113. The Kier molecular flexibility index (Phi) is 2.27. The molecule has 1 N–H and O–H groups in total. The maximum Gasteiger partial charge on any atom is 0.185 e. The molecule has 1 aliphatic carbocycles. The van der Waals surface area contributed by atoms with Crippen molar-refractivity contribution >= 4 is 11.4 Å². The Morgan fingerprint density at radius 2 is 2.19 bits per heavy atom. The third-order valence-electron chi connectivity index (χ3n) is 3.51. The van der Waals surface area contributed by atoms with Crippen molar-refractivity contribution in [3.8, 4) is 0 Å². The molecule has 16 heavy (non-hydrogen) atoms. The van der Waals surface area contributed by atoms with Crippen LogP contribution >= 0.6 is 0 Å². The Morgan fingerprint density at radius 3 is 2.88 bits per heavy atom. The summed E-state index contributed by atoms with van der Waals surface area (Å²) < 4.78 is 0. The third kappa shape index (κ3) is 1.54. The standard InChI is InChI=1S/C12H15N3O/c16-12-8-15(9-3-1-2-4-9)7-10(12)11-5-6-13-14-11/h5-7,9H,1-4,8H2,(H,13,14). The van der Waals surface area contributed by atoms with E-state index in [0.717, 1.165) is 11.3 Å². The first kappa shape index (κ1) is 9.63. The molecule has 0 spiro atoms. The molecular formula is C12H15N3O. The Morgan fingerprint density at radius 1 is 1.38 bits per heavy atom. The van der Waals surface area contributed by atoms with E-state index in [2.05, 4.69) is 15.1 Å². The van der Waals surface area contributed by atoms with Crippen molar-refractivity contribution in [1.82, 2.24) is 15.1 Å². The third-order valence-corrected chi connectivity index (χ3v) is 3.51. The van der Waals surface area contributed by atoms with Gasteiger partial charge in [0.15, 0.2) is 5.78 Å². The number of Topliss-reactive ketones (excluding diaryl/α,β-unsaturated/α-hetero) is 1. The lowest BCUT2D eigenvalue weighted by Gasteiger charge is -2.22. The highest BCUT2D eigenvalue weighted by molar-refractivity contribution is 6.22. The number of nitrogens with one attached hydrogen (secondary N) is 1. The van der Waals surface area contributed by atoms with Gasteiger partial charge in [0.05, 0.1) is 17.8 Å². The van der Waals surface area contributed by atoms with Gasteiger partial charge < -0.3 is 4.90 Å². The topological polar surface area (TPSA) is 49.0 Å². The molecule has 2 aliphatic rings. The monoisotopic (exact) mass is 217 g/mol. The van der Waals surface area contributed by atoms with Gasteiger partial charge >= 0.3 is 0 Å². The van der Waals surface area contributed by atoms with E-state index in [1.807, 2.05) is 12.3 Å². The Labute approximate surface area is 94.3 Å². The number of nitrogens with zero attached hydrogens (tertiary/aromatic N) is 2. The van der Waals surface area contributed by atoms with Crippen LogP contribution in [0.3, 0.4) is 0 Å². The van der Waals surface area contributed by atoms with Gasteiger partial charge in [-0.3, -0.25) is 9.89 Å². The molecule has 0 aromatic carbocycles. The van der Waals surface area contributed by atoms with Gasteiger partial charge in [0, 0.05) is 18.4 Å². The molecular weight excluding hydrogens is 202 g/mol. The van der Waals surface area contributed by atoms with Crippen LogP contribution in [0.15, 0.2) is 18.5 Å². The normalized spacial score (nSPS) is 21.9. The molecule has 2 heterocycles. The fraction of sp³-hybridized carbons (Fsp3) is 0.500. The fourth-order valence-corrected chi connectivity index (χ4v) is 2.63. The van der Waals surface area contributed by atoms with Gasteiger partial charge in [0.25, 0.3) is 0 Å². The Balaban J connectivity index is 1.83. The number of hydrogen-bond donors (Lipinski definition) is 1. The Bertz CT molecular complexity index is 415. The van der Waals surface area contributed by atoms with Crippen molar-refractivity contribution in [1.29, 1.82) is 0 Å². The quantitative estimate of drug-likeness (QED) is 0.818. The number of aromatic nitrogens is 2.